The van der Waals surface area contributed by atoms with Crippen LogP contribution in [0.1, 0.15) is 39.5 Å². The molecule has 1 aliphatic heterocycles. The Morgan fingerprint density at radius 2 is 2.36 bits per heavy atom. The predicted octanol–water partition coefficient (Wildman–Crippen LogP) is 2.35. The van der Waals surface area contributed by atoms with E-state index in [2.05, 4.69) is 19.9 Å². The van der Waals surface area contributed by atoms with Gasteiger partial charge in [-0.3, -0.25) is 4.79 Å². The molecular weight excluding hydrogens is 174 g/mol. The van der Waals surface area contributed by atoms with Gasteiger partial charge in [-0.2, -0.15) is 0 Å². The highest BCUT2D eigenvalue weighted by atomic mass is 16.2. The van der Waals surface area contributed by atoms with Crippen LogP contribution < -0.4 is 0 Å². The number of hydrogen-bond acceptors (Lipinski definition) is 1. The van der Waals surface area contributed by atoms with Crippen molar-refractivity contribution in [2.24, 2.45) is 5.41 Å². The number of nitrogens with zero attached hydrogens (tertiary/aromatic N) is 1. The number of fused-ring (bicyclic) bond motifs is 1. The zero-order valence-electron chi connectivity index (χ0n) is 9.34. The lowest BCUT2D eigenvalue weighted by atomic mass is 9.71. The zero-order valence-corrected chi connectivity index (χ0v) is 9.34. The number of amides is 1. The van der Waals surface area contributed by atoms with E-state index < -0.39 is 0 Å². The molecule has 0 radical (unpaired) electrons. The van der Waals surface area contributed by atoms with Crippen molar-refractivity contribution in [1.29, 1.82) is 0 Å². The Hall–Kier alpha value is -0.790. The zero-order chi connectivity index (χ0) is 10.3. The molecule has 2 atom stereocenters. The predicted molar refractivity (Wildman–Crippen MR) is 56.9 cm³/mol. The third kappa shape index (κ3) is 0.999. The fourth-order valence-corrected chi connectivity index (χ4v) is 3.06. The first-order valence-corrected chi connectivity index (χ1v) is 5.61. The van der Waals surface area contributed by atoms with E-state index in [9.17, 15) is 4.79 Å². The van der Waals surface area contributed by atoms with Crippen LogP contribution in [-0.2, 0) is 4.79 Å². The van der Waals surface area contributed by atoms with Crippen LogP contribution in [0.5, 0.6) is 0 Å². The van der Waals surface area contributed by atoms with Gasteiger partial charge in [-0.15, -0.1) is 0 Å². The Kier molecular flexibility index (Phi) is 2.17. The molecule has 1 fully saturated rings. The van der Waals surface area contributed by atoms with Crippen LogP contribution in [0, 0.1) is 5.41 Å². The second-order valence-electron chi connectivity index (χ2n) is 4.58. The van der Waals surface area contributed by atoms with Gasteiger partial charge in [0.05, 0.1) is 11.5 Å². The first-order chi connectivity index (χ1) is 6.63. The van der Waals surface area contributed by atoms with Crippen molar-refractivity contribution in [3.05, 3.63) is 11.6 Å². The molecule has 0 N–H and O–H groups in total. The maximum absolute atomic E-state index is 12.2. The standard InChI is InChI=1S/C12H19NO/c1-4-12-8-6-5-7-10(12)9(2)13(3)11(12)14/h7,9H,4-6,8H2,1-3H3/t9-,12+/m1/s1. The fraction of sp³-hybridized carbons (Fsp3) is 0.750. The lowest BCUT2D eigenvalue weighted by molar-refractivity contribution is -0.135. The van der Waals surface area contributed by atoms with Gasteiger partial charge in [0.15, 0.2) is 0 Å². The minimum atomic E-state index is -0.119. The molecular formula is C12H19NO. The molecule has 1 amide bonds. The van der Waals surface area contributed by atoms with E-state index in [0.717, 1.165) is 19.3 Å². The van der Waals surface area contributed by atoms with Crippen LogP contribution in [0.15, 0.2) is 11.6 Å². The topological polar surface area (TPSA) is 20.3 Å². The SMILES string of the molecule is CC[C@]12CCCC=C1[C@@H](C)N(C)C2=O. The van der Waals surface area contributed by atoms with Crippen LogP contribution in [0.2, 0.25) is 0 Å². The average molecular weight is 193 g/mol. The van der Waals surface area contributed by atoms with Crippen LogP contribution >= 0.6 is 0 Å². The maximum Gasteiger partial charge on any atom is 0.233 e. The van der Waals surface area contributed by atoms with Crippen molar-refractivity contribution in [1.82, 2.24) is 4.90 Å². The summed E-state index contributed by atoms with van der Waals surface area (Å²) in [5.74, 6) is 0.346. The molecule has 2 heteroatoms. The molecule has 2 aliphatic rings. The molecule has 78 valence electrons. The van der Waals surface area contributed by atoms with Crippen LogP contribution in [0.4, 0.5) is 0 Å². The van der Waals surface area contributed by atoms with E-state index in [-0.39, 0.29) is 5.41 Å². The number of carbonyl (C=O) groups excluding carboxylic acids is 1. The summed E-state index contributed by atoms with van der Waals surface area (Å²) < 4.78 is 0. The maximum atomic E-state index is 12.2. The highest BCUT2D eigenvalue weighted by Crippen LogP contribution is 2.49. The third-order valence-corrected chi connectivity index (χ3v) is 4.09. The van der Waals surface area contributed by atoms with Crippen molar-refractivity contribution in [3.63, 3.8) is 0 Å². The monoisotopic (exact) mass is 193 g/mol. The van der Waals surface area contributed by atoms with Crippen molar-refractivity contribution in [3.8, 4) is 0 Å². The summed E-state index contributed by atoms with van der Waals surface area (Å²) >= 11 is 0. The molecule has 2 nitrogen and oxygen atoms in total. The molecule has 0 spiro atoms. The molecule has 0 unspecified atom stereocenters. The fourth-order valence-electron chi connectivity index (χ4n) is 3.06. The van der Waals surface area contributed by atoms with Gasteiger partial charge in [0, 0.05) is 7.05 Å². The summed E-state index contributed by atoms with van der Waals surface area (Å²) in [6.45, 7) is 4.29. The van der Waals surface area contributed by atoms with Crippen molar-refractivity contribution in [2.45, 2.75) is 45.6 Å². The van der Waals surface area contributed by atoms with Crippen LogP contribution in [0.3, 0.4) is 0 Å². The number of hydrogen-bond donors (Lipinski definition) is 0. The van der Waals surface area contributed by atoms with Gasteiger partial charge < -0.3 is 4.90 Å². The normalized spacial score (nSPS) is 37.1. The second kappa shape index (κ2) is 3.11. The molecule has 0 saturated carbocycles. The summed E-state index contributed by atoms with van der Waals surface area (Å²) in [5.41, 5.74) is 1.27. The highest BCUT2D eigenvalue weighted by molar-refractivity contribution is 5.90. The van der Waals surface area contributed by atoms with E-state index in [1.807, 2.05) is 11.9 Å². The van der Waals surface area contributed by atoms with Gasteiger partial charge in [0.25, 0.3) is 0 Å². The molecule has 0 aromatic heterocycles. The molecule has 0 aromatic carbocycles. The Bertz CT molecular complexity index is 295. The average Bonchev–Trinajstić information content (AvgIpc) is 2.42. The number of likely N-dealkylation sites (N-methyl/N-ethyl adjacent to an activating group) is 1. The van der Waals surface area contributed by atoms with Gasteiger partial charge in [-0.25, -0.2) is 0 Å². The number of likely N-dealkylation sites (tertiary alicyclic amines) is 1. The number of rotatable bonds is 1. The lowest BCUT2D eigenvalue weighted by Crippen LogP contribution is -2.33. The quantitative estimate of drug-likeness (QED) is 0.585. The minimum absolute atomic E-state index is 0.119. The highest BCUT2D eigenvalue weighted by Gasteiger charge is 2.51. The van der Waals surface area contributed by atoms with Crippen LogP contribution in [-0.4, -0.2) is 23.9 Å². The van der Waals surface area contributed by atoms with E-state index in [0.29, 0.717) is 11.9 Å². The van der Waals surface area contributed by atoms with Crippen LogP contribution in [0.25, 0.3) is 0 Å². The summed E-state index contributed by atoms with van der Waals surface area (Å²) in [6, 6.07) is 0.322. The number of allylic oxidation sites excluding steroid dienone is 1. The number of carbonyl (C=O) groups is 1. The lowest BCUT2D eigenvalue weighted by Gasteiger charge is -2.30. The van der Waals surface area contributed by atoms with E-state index in [1.54, 1.807) is 0 Å². The third-order valence-electron chi connectivity index (χ3n) is 4.09. The molecule has 1 heterocycles. The van der Waals surface area contributed by atoms with Gasteiger partial charge in [0.2, 0.25) is 5.91 Å². The van der Waals surface area contributed by atoms with Crippen molar-refractivity contribution < 1.29 is 4.79 Å². The van der Waals surface area contributed by atoms with E-state index >= 15 is 0 Å². The Balaban J connectivity index is 2.48. The largest absolute Gasteiger partial charge is 0.339 e. The van der Waals surface area contributed by atoms with Gasteiger partial charge in [-0.1, -0.05) is 13.0 Å². The summed E-state index contributed by atoms with van der Waals surface area (Å²) in [5, 5.41) is 0. The summed E-state index contributed by atoms with van der Waals surface area (Å²) in [7, 11) is 1.93. The first kappa shape index (κ1) is 9.75. The van der Waals surface area contributed by atoms with Crippen molar-refractivity contribution >= 4 is 5.91 Å². The minimum Gasteiger partial charge on any atom is -0.339 e. The van der Waals surface area contributed by atoms with E-state index in [4.69, 9.17) is 0 Å². The molecule has 1 aliphatic carbocycles. The van der Waals surface area contributed by atoms with Crippen molar-refractivity contribution in [2.75, 3.05) is 7.05 Å². The summed E-state index contributed by atoms with van der Waals surface area (Å²) in [6.07, 6.45) is 6.65. The van der Waals surface area contributed by atoms with Gasteiger partial charge in [0.1, 0.15) is 0 Å². The van der Waals surface area contributed by atoms with E-state index in [1.165, 1.54) is 12.0 Å². The second-order valence-corrected chi connectivity index (χ2v) is 4.58. The Labute approximate surface area is 86.0 Å². The molecule has 14 heavy (non-hydrogen) atoms. The Morgan fingerprint density at radius 1 is 1.64 bits per heavy atom. The molecule has 0 bridgehead atoms. The Morgan fingerprint density at radius 3 is 2.93 bits per heavy atom. The summed E-state index contributed by atoms with van der Waals surface area (Å²) in [4.78, 5) is 14.1. The smallest absolute Gasteiger partial charge is 0.233 e. The van der Waals surface area contributed by atoms with Gasteiger partial charge >= 0.3 is 0 Å². The molecule has 0 aromatic rings. The first-order valence-electron chi connectivity index (χ1n) is 5.61. The van der Waals surface area contributed by atoms with Gasteiger partial charge in [-0.05, 0) is 38.2 Å². The molecule has 2 rings (SSSR count). The molecule has 1 saturated heterocycles.